The SMILES string of the molecule is FCCCS1=CNCC1.NC(=O)N=S(=O)=O. The monoisotopic (exact) mass is 271 g/mol. The predicted octanol–water partition coefficient (Wildman–Crippen LogP) is 0.106. The normalized spacial score (nSPS) is 17.9. The minimum absolute atomic E-state index is 0.155. The van der Waals surface area contributed by atoms with Gasteiger partial charge in [-0.2, -0.15) is 18.9 Å². The molecule has 0 bridgehead atoms. The van der Waals surface area contributed by atoms with Crippen molar-refractivity contribution in [2.45, 2.75) is 6.42 Å². The molecule has 0 saturated heterocycles. The number of nitrogens with zero attached hydrogens (tertiary/aromatic N) is 1. The van der Waals surface area contributed by atoms with Crippen LogP contribution in [0.5, 0.6) is 0 Å². The molecule has 1 heterocycles. The van der Waals surface area contributed by atoms with E-state index in [1.54, 1.807) is 0 Å². The Bertz CT molecular complexity index is 372. The first-order valence-electron chi connectivity index (χ1n) is 4.45. The lowest BCUT2D eigenvalue weighted by molar-refractivity contribution is 0.257. The van der Waals surface area contributed by atoms with Gasteiger partial charge in [0.1, 0.15) is 0 Å². The van der Waals surface area contributed by atoms with E-state index in [0.717, 1.165) is 18.7 Å². The van der Waals surface area contributed by atoms with Gasteiger partial charge in [-0.3, -0.25) is 9.71 Å². The lowest BCUT2D eigenvalue weighted by Crippen LogP contribution is -2.04. The van der Waals surface area contributed by atoms with Crippen molar-refractivity contribution in [2.24, 2.45) is 10.1 Å². The van der Waals surface area contributed by atoms with Gasteiger partial charge in [-0.15, -0.1) is 0 Å². The van der Waals surface area contributed by atoms with Gasteiger partial charge in [-0.25, -0.2) is 4.79 Å². The molecule has 0 aromatic heterocycles. The smallest absolute Gasteiger partial charge is 0.349 e. The molecular formula is C7H14FN3O3S2. The van der Waals surface area contributed by atoms with Crippen LogP contribution in [0, 0.1) is 0 Å². The van der Waals surface area contributed by atoms with Crippen LogP contribution in [0.3, 0.4) is 0 Å². The van der Waals surface area contributed by atoms with Crippen LogP contribution in [0.15, 0.2) is 4.36 Å². The summed E-state index contributed by atoms with van der Waals surface area (Å²) in [5.41, 5.74) is 6.42. The number of alkyl halides is 1. The molecule has 0 fully saturated rings. The molecule has 1 aliphatic heterocycles. The van der Waals surface area contributed by atoms with Crippen molar-refractivity contribution in [3.05, 3.63) is 0 Å². The second kappa shape index (κ2) is 9.43. The predicted molar refractivity (Wildman–Crippen MR) is 62.9 cm³/mol. The highest BCUT2D eigenvalue weighted by molar-refractivity contribution is 8.15. The third kappa shape index (κ3) is 9.74. The Labute approximate surface area is 97.0 Å². The molecule has 0 aromatic rings. The van der Waals surface area contributed by atoms with E-state index in [2.05, 4.69) is 20.9 Å². The first-order chi connectivity index (χ1) is 7.56. The third-order valence-electron chi connectivity index (χ3n) is 1.46. The van der Waals surface area contributed by atoms with Crippen LogP contribution >= 0.6 is 10.5 Å². The van der Waals surface area contributed by atoms with Crippen molar-refractivity contribution in [2.75, 3.05) is 24.7 Å². The van der Waals surface area contributed by atoms with E-state index in [9.17, 15) is 17.6 Å². The second-order valence-corrected chi connectivity index (χ2v) is 5.45. The maximum Gasteiger partial charge on any atom is 0.353 e. The minimum Gasteiger partial charge on any atom is -0.349 e. The van der Waals surface area contributed by atoms with Gasteiger partial charge >= 0.3 is 16.5 Å². The van der Waals surface area contributed by atoms with E-state index in [1.165, 1.54) is 5.75 Å². The number of urea groups is 1. The highest BCUT2D eigenvalue weighted by Crippen LogP contribution is 2.14. The maximum absolute atomic E-state index is 11.6. The third-order valence-corrected chi connectivity index (χ3v) is 3.83. The van der Waals surface area contributed by atoms with Gasteiger partial charge in [-0.1, -0.05) is 4.36 Å². The summed E-state index contributed by atoms with van der Waals surface area (Å²) in [6, 6.07) is -1.20. The molecular weight excluding hydrogens is 257 g/mol. The number of rotatable bonds is 3. The fourth-order valence-corrected chi connectivity index (χ4v) is 2.70. The zero-order valence-electron chi connectivity index (χ0n) is 8.56. The average molecular weight is 271 g/mol. The molecule has 9 heteroatoms. The summed E-state index contributed by atoms with van der Waals surface area (Å²) in [5.74, 6) is 2.27. The molecule has 3 N–H and O–H groups in total. The van der Waals surface area contributed by atoms with E-state index < -0.39 is 16.5 Å². The van der Waals surface area contributed by atoms with Crippen molar-refractivity contribution in [3.8, 4) is 0 Å². The average Bonchev–Trinajstić information content (AvgIpc) is 2.65. The molecule has 0 aromatic carbocycles. The van der Waals surface area contributed by atoms with Crippen molar-refractivity contribution < 1.29 is 17.6 Å². The number of carbonyl (C=O) groups excluding carboxylic acids is 1. The Morgan fingerprint density at radius 1 is 1.62 bits per heavy atom. The van der Waals surface area contributed by atoms with Gasteiger partial charge in [0, 0.05) is 17.8 Å². The Balaban J connectivity index is 0.000000293. The summed E-state index contributed by atoms with van der Waals surface area (Å²) >= 11 is 0. The fourth-order valence-electron chi connectivity index (χ4n) is 0.900. The van der Waals surface area contributed by atoms with Crippen LogP contribution in [0.4, 0.5) is 9.18 Å². The van der Waals surface area contributed by atoms with Gasteiger partial charge in [0.25, 0.3) is 0 Å². The van der Waals surface area contributed by atoms with E-state index in [0.29, 0.717) is 10.5 Å². The molecule has 2 amide bonds. The van der Waals surface area contributed by atoms with E-state index in [-0.39, 0.29) is 6.67 Å². The fraction of sp³-hybridized carbons (Fsp3) is 0.714. The quantitative estimate of drug-likeness (QED) is 0.711. The summed E-state index contributed by atoms with van der Waals surface area (Å²) in [7, 11) is -2.30. The first-order valence-corrected chi connectivity index (χ1v) is 7.11. The Hall–Kier alpha value is -0.800. The Morgan fingerprint density at radius 3 is 2.62 bits per heavy atom. The summed E-state index contributed by atoms with van der Waals surface area (Å²) < 4.78 is 32.6. The molecule has 0 saturated carbocycles. The van der Waals surface area contributed by atoms with Crippen molar-refractivity contribution in [1.29, 1.82) is 0 Å². The summed E-state index contributed by atoms with van der Waals surface area (Å²) in [6.45, 7) is 0.937. The molecule has 1 rings (SSSR count). The van der Waals surface area contributed by atoms with Crippen molar-refractivity contribution >= 4 is 32.5 Å². The largest absolute Gasteiger partial charge is 0.353 e. The van der Waals surface area contributed by atoms with Crippen LogP contribution in [0.2, 0.25) is 0 Å². The lowest BCUT2D eigenvalue weighted by atomic mass is 10.6. The standard InChI is InChI=1S/C6H12FNS.CH2N2O3S/c7-2-1-4-9-5-3-8-6-9;2-1(4)3-7(5)6/h6,8H,1-5H2;(H2,2,4). The van der Waals surface area contributed by atoms with Gasteiger partial charge in [-0.05, 0) is 12.2 Å². The maximum atomic E-state index is 11.6. The van der Waals surface area contributed by atoms with Gasteiger partial charge in [0.05, 0.1) is 6.67 Å². The minimum atomic E-state index is -2.70. The molecule has 94 valence electrons. The number of nitrogens with one attached hydrogen (secondary N) is 1. The number of hydrogen-bond acceptors (Lipinski definition) is 4. The Morgan fingerprint density at radius 2 is 2.31 bits per heavy atom. The molecule has 1 aliphatic rings. The molecule has 1 atom stereocenters. The zero-order chi connectivity index (χ0) is 12.4. The van der Waals surface area contributed by atoms with E-state index in [1.807, 2.05) is 0 Å². The van der Waals surface area contributed by atoms with Crippen LogP contribution in [-0.2, 0) is 10.5 Å². The summed E-state index contributed by atoms with van der Waals surface area (Å²) in [4.78, 5) is 9.47. The van der Waals surface area contributed by atoms with E-state index in [4.69, 9.17) is 0 Å². The van der Waals surface area contributed by atoms with Gasteiger partial charge in [0.15, 0.2) is 0 Å². The number of hydrogen-bond donors (Lipinski definition) is 2. The van der Waals surface area contributed by atoms with Crippen LogP contribution in [-0.4, -0.2) is 44.7 Å². The zero-order valence-corrected chi connectivity index (χ0v) is 10.2. The highest BCUT2D eigenvalue weighted by atomic mass is 32.2. The lowest BCUT2D eigenvalue weighted by Gasteiger charge is -1.97. The van der Waals surface area contributed by atoms with E-state index >= 15 is 0 Å². The Kier molecular flexibility index (Phi) is 8.96. The highest BCUT2D eigenvalue weighted by Gasteiger charge is 2.00. The van der Waals surface area contributed by atoms with Crippen LogP contribution in [0.25, 0.3) is 0 Å². The molecule has 0 radical (unpaired) electrons. The number of nitrogens with two attached hydrogens (primary N) is 1. The first kappa shape index (κ1) is 15.2. The number of amides is 2. The molecule has 16 heavy (non-hydrogen) atoms. The number of halogens is 1. The summed E-state index contributed by atoms with van der Waals surface area (Å²) in [6.07, 6.45) is 0.737. The van der Waals surface area contributed by atoms with Gasteiger partial charge < -0.3 is 5.73 Å². The number of primary amides is 1. The van der Waals surface area contributed by atoms with Crippen molar-refractivity contribution in [3.63, 3.8) is 0 Å². The molecule has 1 unspecified atom stereocenters. The topological polar surface area (TPSA) is 102 Å². The van der Waals surface area contributed by atoms with Crippen LogP contribution in [0.1, 0.15) is 6.42 Å². The molecule has 0 aliphatic carbocycles. The molecule has 6 nitrogen and oxygen atoms in total. The van der Waals surface area contributed by atoms with Gasteiger partial charge in [0.2, 0.25) is 0 Å². The van der Waals surface area contributed by atoms with Crippen molar-refractivity contribution in [1.82, 2.24) is 5.32 Å². The summed E-state index contributed by atoms with van der Waals surface area (Å²) in [5, 5.41) is 3.15. The van der Waals surface area contributed by atoms with Crippen LogP contribution < -0.4 is 11.1 Å². The molecule has 0 spiro atoms. The second-order valence-electron chi connectivity index (χ2n) is 2.71. The number of carbonyl (C=O) groups is 1.